The number of benzene rings is 2. The Morgan fingerprint density at radius 1 is 1.12 bits per heavy atom. The van der Waals surface area contributed by atoms with Gasteiger partial charge in [-0.1, -0.05) is 18.2 Å². The lowest BCUT2D eigenvalue weighted by Gasteiger charge is -2.19. The van der Waals surface area contributed by atoms with Crippen LogP contribution in [0, 0.1) is 0 Å². The van der Waals surface area contributed by atoms with Crippen LogP contribution in [0.3, 0.4) is 0 Å². The molecule has 0 radical (unpaired) electrons. The Morgan fingerprint density at radius 2 is 1.85 bits per heavy atom. The molecule has 1 aliphatic heterocycles. The molecule has 1 aliphatic rings. The number of fused-ring (bicyclic) bond motifs is 1. The Bertz CT molecular complexity index is 879. The monoisotopic (exact) mass is 373 g/mol. The molecule has 0 aromatic heterocycles. The summed E-state index contributed by atoms with van der Waals surface area (Å²) < 4.78 is 27.3. The van der Waals surface area contributed by atoms with Crippen LogP contribution in [0.25, 0.3) is 0 Å². The van der Waals surface area contributed by atoms with Crippen LogP contribution in [0.2, 0.25) is 0 Å². The highest BCUT2D eigenvalue weighted by molar-refractivity contribution is 7.89. The number of carbonyl (C=O) groups is 1. The minimum absolute atomic E-state index is 0.192. The molecule has 2 N–H and O–H groups in total. The predicted molar refractivity (Wildman–Crippen MR) is 103 cm³/mol. The fraction of sp³-hybridized carbons (Fsp3) is 0.316. The average molecular weight is 373 g/mol. The van der Waals surface area contributed by atoms with Crippen molar-refractivity contribution in [2.75, 3.05) is 29.9 Å². The third-order valence-electron chi connectivity index (χ3n) is 4.37. The number of nitrogens with one attached hydrogen (secondary N) is 2. The Morgan fingerprint density at radius 3 is 2.58 bits per heavy atom. The van der Waals surface area contributed by atoms with Crippen molar-refractivity contribution < 1.29 is 13.2 Å². The largest absolute Gasteiger partial charge is 0.371 e. The first-order valence-electron chi connectivity index (χ1n) is 8.66. The summed E-state index contributed by atoms with van der Waals surface area (Å²) in [7, 11) is -3.54. The van der Waals surface area contributed by atoms with Gasteiger partial charge in [0.05, 0.1) is 4.90 Å². The molecule has 3 rings (SSSR count). The van der Waals surface area contributed by atoms with Gasteiger partial charge in [-0.15, -0.1) is 0 Å². The average Bonchev–Trinajstić information content (AvgIpc) is 3.02. The highest BCUT2D eigenvalue weighted by Gasteiger charge is 2.18. The number of anilines is 2. The standard InChI is InChI=1S/C19H23N3O3S/c1-15(23)21-17-7-9-18(10-8-17)26(24,25)20-12-4-13-22-14-11-16-5-2-3-6-19(16)22/h2-3,5-10,20H,4,11-14H2,1H3,(H,21,23). The molecule has 2 aromatic carbocycles. The van der Waals surface area contributed by atoms with E-state index in [1.54, 1.807) is 12.1 Å². The number of hydrogen-bond acceptors (Lipinski definition) is 4. The van der Waals surface area contributed by atoms with E-state index in [1.807, 2.05) is 12.1 Å². The first-order chi connectivity index (χ1) is 12.5. The van der Waals surface area contributed by atoms with Gasteiger partial charge in [0.2, 0.25) is 15.9 Å². The van der Waals surface area contributed by atoms with Crippen LogP contribution in [0.4, 0.5) is 11.4 Å². The van der Waals surface area contributed by atoms with E-state index in [-0.39, 0.29) is 10.8 Å². The van der Waals surface area contributed by atoms with Gasteiger partial charge in [-0.3, -0.25) is 4.79 Å². The number of sulfonamides is 1. The van der Waals surface area contributed by atoms with Gasteiger partial charge < -0.3 is 10.2 Å². The summed E-state index contributed by atoms with van der Waals surface area (Å²) in [6.07, 6.45) is 1.78. The van der Waals surface area contributed by atoms with Crippen molar-refractivity contribution in [2.24, 2.45) is 0 Å². The van der Waals surface area contributed by atoms with Crippen molar-refractivity contribution >= 4 is 27.3 Å². The maximum Gasteiger partial charge on any atom is 0.240 e. The second-order valence-electron chi connectivity index (χ2n) is 6.32. The van der Waals surface area contributed by atoms with Gasteiger partial charge in [-0.05, 0) is 48.7 Å². The van der Waals surface area contributed by atoms with Crippen LogP contribution in [0.5, 0.6) is 0 Å². The molecule has 138 valence electrons. The second kappa shape index (κ2) is 7.88. The normalized spacial score (nSPS) is 13.5. The molecule has 0 saturated heterocycles. The van der Waals surface area contributed by atoms with E-state index < -0.39 is 10.0 Å². The fourth-order valence-electron chi connectivity index (χ4n) is 3.12. The van der Waals surface area contributed by atoms with Crippen molar-refractivity contribution in [1.82, 2.24) is 4.72 Å². The van der Waals surface area contributed by atoms with E-state index in [2.05, 4.69) is 27.1 Å². The summed E-state index contributed by atoms with van der Waals surface area (Å²) in [5, 5.41) is 2.62. The zero-order valence-corrected chi connectivity index (χ0v) is 15.6. The van der Waals surface area contributed by atoms with Crippen LogP contribution in [0.15, 0.2) is 53.4 Å². The van der Waals surface area contributed by atoms with Crippen LogP contribution in [0.1, 0.15) is 18.9 Å². The molecule has 0 saturated carbocycles. The van der Waals surface area contributed by atoms with Gasteiger partial charge in [0.25, 0.3) is 0 Å². The van der Waals surface area contributed by atoms with E-state index >= 15 is 0 Å². The smallest absolute Gasteiger partial charge is 0.240 e. The Labute approximate surface area is 154 Å². The molecular formula is C19H23N3O3S. The summed E-state index contributed by atoms with van der Waals surface area (Å²) >= 11 is 0. The van der Waals surface area contributed by atoms with Gasteiger partial charge in [-0.25, -0.2) is 13.1 Å². The topological polar surface area (TPSA) is 78.5 Å². The van der Waals surface area contributed by atoms with Crippen molar-refractivity contribution in [2.45, 2.75) is 24.7 Å². The summed E-state index contributed by atoms with van der Waals surface area (Å²) in [6, 6.07) is 14.5. The molecule has 26 heavy (non-hydrogen) atoms. The number of nitrogens with zero attached hydrogens (tertiary/aromatic N) is 1. The molecule has 1 amide bonds. The maximum absolute atomic E-state index is 12.3. The minimum atomic E-state index is -3.54. The molecule has 0 aliphatic carbocycles. The molecule has 1 heterocycles. The van der Waals surface area contributed by atoms with Gasteiger partial charge in [0.15, 0.2) is 0 Å². The van der Waals surface area contributed by atoms with Crippen LogP contribution in [-0.4, -0.2) is 34.0 Å². The molecule has 6 nitrogen and oxygen atoms in total. The lowest BCUT2D eigenvalue weighted by molar-refractivity contribution is -0.114. The number of hydrogen-bond donors (Lipinski definition) is 2. The zero-order chi connectivity index (χ0) is 18.6. The second-order valence-corrected chi connectivity index (χ2v) is 8.09. The van der Waals surface area contributed by atoms with E-state index in [0.717, 1.165) is 25.9 Å². The molecule has 0 bridgehead atoms. The van der Waals surface area contributed by atoms with Gasteiger partial charge in [0, 0.05) is 37.9 Å². The number of para-hydroxylation sites is 1. The summed E-state index contributed by atoms with van der Waals surface area (Å²) in [5.74, 6) is -0.192. The number of rotatable bonds is 7. The summed E-state index contributed by atoms with van der Waals surface area (Å²) in [4.78, 5) is 13.5. The molecular weight excluding hydrogens is 350 g/mol. The quantitative estimate of drug-likeness (QED) is 0.731. The lowest BCUT2D eigenvalue weighted by atomic mass is 10.2. The van der Waals surface area contributed by atoms with Crippen molar-refractivity contribution in [1.29, 1.82) is 0 Å². The number of carbonyl (C=O) groups excluding carboxylic acids is 1. The van der Waals surface area contributed by atoms with Crippen LogP contribution >= 0.6 is 0 Å². The Kier molecular flexibility index (Phi) is 5.58. The maximum atomic E-state index is 12.3. The van der Waals surface area contributed by atoms with Crippen molar-refractivity contribution in [3.8, 4) is 0 Å². The molecule has 0 atom stereocenters. The highest BCUT2D eigenvalue weighted by Crippen LogP contribution is 2.27. The third-order valence-corrected chi connectivity index (χ3v) is 5.84. The van der Waals surface area contributed by atoms with E-state index in [1.165, 1.54) is 30.3 Å². The van der Waals surface area contributed by atoms with E-state index in [0.29, 0.717) is 12.2 Å². The Balaban J connectivity index is 1.50. The van der Waals surface area contributed by atoms with Gasteiger partial charge in [-0.2, -0.15) is 0 Å². The van der Waals surface area contributed by atoms with Crippen molar-refractivity contribution in [3.63, 3.8) is 0 Å². The summed E-state index contributed by atoms with van der Waals surface area (Å²) in [5.41, 5.74) is 3.18. The fourth-order valence-corrected chi connectivity index (χ4v) is 4.19. The molecule has 2 aromatic rings. The van der Waals surface area contributed by atoms with Crippen molar-refractivity contribution in [3.05, 3.63) is 54.1 Å². The van der Waals surface area contributed by atoms with E-state index in [9.17, 15) is 13.2 Å². The van der Waals surface area contributed by atoms with E-state index in [4.69, 9.17) is 0 Å². The van der Waals surface area contributed by atoms with Gasteiger partial charge >= 0.3 is 0 Å². The molecule has 0 fully saturated rings. The SMILES string of the molecule is CC(=O)Nc1ccc(S(=O)(=O)NCCCN2CCc3ccccc32)cc1. The zero-order valence-electron chi connectivity index (χ0n) is 14.7. The molecule has 7 heteroatoms. The summed E-state index contributed by atoms with van der Waals surface area (Å²) in [6.45, 7) is 3.59. The van der Waals surface area contributed by atoms with Crippen LogP contribution in [-0.2, 0) is 21.2 Å². The first kappa shape index (κ1) is 18.4. The molecule has 0 spiro atoms. The first-order valence-corrected chi connectivity index (χ1v) is 10.1. The highest BCUT2D eigenvalue weighted by atomic mass is 32.2. The van der Waals surface area contributed by atoms with Crippen LogP contribution < -0.4 is 14.9 Å². The minimum Gasteiger partial charge on any atom is -0.371 e. The number of amides is 1. The Hall–Kier alpha value is -2.38. The predicted octanol–water partition coefficient (Wildman–Crippen LogP) is 2.38. The third kappa shape index (κ3) is 4.42. The lowest BCUT2D eigenvalue weighted by Crippen LogP contribution is -2.29. The van der Waals surface area contributed by atoms with Gasteiger partial charge in [0.1, 0.15) is 0 Å². The molecule has 0 unspecified atom stereocenters.